The first-order chi connectivity index (χ1) is 12.0. The summed E-state index contributed by atoms with van der Waals surface area (Å²) in [5.74, 6) is -0.0373. The van der Waals surface area contributed by atoms with Crippen LogP contribution in [0.2, 0.25) is 0 Å². The van der Waals surface area contributed by atoms with Gasteiger partial charge in [0.25, 0.3) is 0 Å². The van der Waals surface area contributed by atoms with Crippen LogP contribution < -0.4 is 5.32 Å². The highest BCUT2D eigenvalue weighted by Crippen LogP contribution is 2.17. The van der Waals surface area contributed by atoms with Crippen molar-refractivity contribution in [3.63, 3.8) is 0 Å². The summed E-state index contributed by atoms with van der Waals surface area (Å²) in [6, 6.07) is 6.63. The Morgan fingerprint density at radius 1 is 1.24 bits per heavy atom. The predicted molar refractivity (Wildman–Crippen MR) is 93.6 cm³/mol. The number of morpholine rings is 1. The van der Waals surface area contributed by atoms with Gasteiger partial charge in [0.2, 0.25) is 15.9 Å². The van der Waals surface area contributed by atoms with Crippen LogP contribution in [0.3, 0.4) is 0 Å². The smallest absolute Gasteiger partial charge is 0.243 e. The van der Waals surface area contributed by atoms with E-state index in [4.69, 9.17) is 9.47 Å². The molecule has 1 saturated heterocycles. The van der Waals surface area contributed by atoms with Gasteiger partial charge < -0.3 is 14.8 Å². The third kappa shape index (κ3) is 6.07. The van der Waals surface area contributed by atoms with Crippen molar-refractivity contribution < 1.29 is 22.7 Å². The SMILES string of the molecule is CCOCCCC(=O)NCc1ccc(S(=O)(=O)N2CCOCC2)cc1. The van der Waals surface area contributed by atoms with Crippen molar-refractivity contribution in [1.29, 1.82) is 0 Å². The molecule has 1 aromatic rings. The van der Waals surface area contributed by atoms with Gasteiger partial charge in [0.15, 0.2) is 0 Å². The zero-order valence-electron chi connectivity index (χ0n) is 14.6. The van der Waals surface area contributed by atoms with Gasteiger partial charge in [0, 0.05) is 39.3 Å². The molecule has 0 bridgehead atoms. The van der Waals surface area contributed by atoms with E-state index in [-0.39, 0.29) is 10.8 Å². The summed E-state index contributed by atoms with van der Waals surface area (Å²) in [6.45, 7) is 5.14. The lowest BCUT2D eigenvalue weighted by Crippen LogP contribution is -2.40. The summed E-state index contributed by atoms with van der Waals surface area (Å²) in [5.41, 5.74) is 0.860. The van der Waals surface area contributed by atoms with Crippen molar-refractivity contribution in [2.75, 3.05) is 39.5 Å². The Kier molecular flexibility index (Phi) is 7.83. The summed E-state index contributed by atoms with van der Waals surface area (Å²) >= 11 is 0. The minimum absolute atomic E-state index is 0.0373. The summed E-state index contributed by atoms with van der Waals surface area (Å²) < 4.78 is 36.9. The van der Waals surface area contributed by atoms with E-state index in [2.05, 4.69) is 5.32 Å². The van der Waals surface area contributed by atoms with Crippen molar-refractivity contribution >= 4 is 15.9 Å². The molecule has 1 N–H and O–H groups in total. The van der Waals surface area contributed by atoms with Gasteiger partial charge in [-0.05, 0) is 31.0 Å². The zero-order chi connectivity index (χ0) is 18.1. The molecule has 1 amide bonds. The van der Waals surface area contributed by atoms with Crippen molar-refractivity contribution in [2.24, 2.45) is 0 Å². The number of ether oxygens (including phenoxy) is 2. The molecule has 1 aliphatic heterocycles. The Hall–Kier alpha value is -1.48. The number of nitrogens with zero attached hydrogens (tertiary/aromatic N) is 1. The molecule has 7 nitrogen and oxygen atoms in total. The molecule has 2 rings (SSSR count). The van der Waals surface area contributed by atoms with E-state index in [0.717, 1.165) is 5.56 Å². The third-order valence-corrected chi connectivity index (χ3v) is 5.83. The van der Waals surface area contributed by atoms with Gasteiger partial charge in [-0.2, -0.15) is 4.31 Å². The maximum absolute atomic E-state index is 12.5. The minimum Gasteiger partial charge on any atom is -0.382 e. The van der Waals surface area contributed by atoms with Crippen LogP contribution in [0.15, 0.2) is 29.2 Å². The zero-order valence-corrected chi connectivity index (χ0v) is 15.4. The molecule has 0 radical (unpaired) electrons. The lowest BCUT2D eigenvalue weighted by atomic mass is 10.2. The highest BCUT2D eigenvalue weighted by molar-refractivity contribution is 7.89. The van der Waals surface area contributed by atoms with Crippen LogP contribution in [0, 0.1) is 0 Å². The fourth-order valence-electron chi connectivity index (χ4n) is 2.48. The number of carbonyl (C=O) groups excluding carboxylic acids is 1. The molecule has 1 fully saturated rings. The lowest BCUT2D eigenvalue weighted by molar-refractivity contribution is -0.121. The first kappa shape index (κ1) is 19.8. The van der Waals surface area contributed by atoms with Crippen molar-refractivity contribution in [3.05, 3.63) is 29.8 Å². The average molecular weight is 370 g/mol. The molecular weight excluding hydrogens is 344 g/mol. The van der Waals surface area contributed by atoms with E-state index in [1.165, 1.54) is 4.31 Å². The molecule has 8 heteroatoms. The highest BCUT2D eigenvalue weighted by atomic mass is 32.2. The lowest BCUT2D eigenvalue weighted by Gasteiger charge is -2.26. The van der Waals surface area contributed by atoms with Crippen LogP contribution >= 0.6 is 0 Å². The summed E-state index contributed by atoms with van der Waals surface area (Å²) in [5, 5.41) is 2.83. The number of hydrogen-bond acceptors (Lipinski definition) is 5. The molecular formula is C17H26N2O5S. The first-order valence-electron chi connectivity index (χ1n) is 8.55. The minimum atomic E-state index is -3.48. The second kappa shape index (κ2) is 9.86. The Balaban J connectivity index is 1.84. The highest BCUT2D eigenvalue weighted by Gasteiger charge is 2.25. The van der Waals surface area contributed by atoms with Crippen LogP contribution in [-0.4, -0.2) is 58.1 Å². The van der Waals surface area contributed by atoms with Crippen LogP contribution in [0.1, 0.15) is 25.3 Å². The van der Waals surface area contributed by atoms with Crippen molar-refractivity contribution in [3.8, 4) is 0 Å². The van der Waals surface area contributed by atoms with E-state index >= 15 is 0 Å². The Labute approximate surface area is 149 Å². The van der Waals surface area contributed by atoms with Crippen LogP contribution in [0.5, 0.6) is 0 Å². The molecule has 0 unspecified atom stereocenters. The monoisotopic (exact) mass is 370 g/mol. The van der Waals surface area contributed by atoms with Crippen LogP contribution in [0.25, 0.3) is 0 Å². The third-order valence-electron chi connectivity index (χ3n) is 3.92. The van der Waals surface area contributed by atoms with Gasteiger partial charge in [-0.1, -0.05) is 12.1 Å². The number of hydrogen-bond donors (Lipinski definition) is 1. The van der Waals surface area contributed by atoms with Crippen LogP contribution in [0.4, 0.5) is 0 Å². The maximum Gasteiger partial charge on any atom is 0.243 e. The molecule has 140 valence electrons. The molecule has 0 spiro atoms. The number of rotatable bonds is 9. The molecule has 0 aromatic heterocycles. The number of nitrogens with one attached hydrogen (secondary N) is 1. The predicted octanol–water partition coefficient (Wildman–Crippen LogP) is 1.14. The van der Waals surface area contributed by atoms with Gasteiger partial charge in [-0.3, -0.25) is 4.79 Å². The fourth-order valence-corrected chi connectivity index (χ4v) is 3.89. The number of sulfonamides is 1. The Morgan fingerprint density at radius 3 is 2.56 bits per heavy atom. The van der Waals surface area contributed by atoms with Gasteiger partial charge >= 0.3 is 0 Å². The number of carbonyl (C=O) groups is 1. The molecule has 25 heavy (non-hydrogen) atoms. The van der Waals surface area contributed by atoms with E-state index in [0.29, 0.717) is 58.9 Å². The van der Waals surface area contributed by atoms with Crippen LogP contribution in [-0.2, 0) is 30.8 Å². The molecule has 0 aliphatic carbocycles. The van der Waals surface area contributed by atoms with Gasteiger partial charge in [0.05, 0.1) is 18.1 Å². The normalized spacial score (nSPS) is 15.9. The Bertz CT molecular complexity index is 640. The Morgan fingerprint density at radius 2 is 1.92 bits per heavy atom. The maximum atomic E-state index is 12.5. The van der Waals surface area contributed by atoms with E-state index in [9.17, 15) is 13.2 Å². The average Bonchev–Trinajstić information content (AvgIpc) is 2.64. The largest absolute Gasteiger partial charge is 0.382 e. The standard InChI is InChI=1S/C17H26N2O5S/c1-2-23-11-3-4-17(20)18-14-15-5-7-16(8-6-15)25(21,22)19-9-12-24-13-10-19/h5-8H,2-4,9-14H2,1H3,(H,18,20). The molecule has 1 aliphatic rings. The molecule has 1 heterocycles. The van der Waals surface area contributed by atoms with E-state index in [1.54, 1.807) is 24.3 Å². The van der Waals surface area contributed by atoms with Gasteiger partial charge in [-0.25, -0.2) is 8.42 Å². The molecule has 0 atom stereocenters. The first-order valence-corrected chi connectivity index (χ1v) is 9.99. The quantitative estimate of drug-likeness (QED) is 0.659. The van der Waals surface area contributed by atoms with Gasteiger partial charge in [0.1, 0.15) is 0 Å². The summed E-state index contributed by atoms with van der Waals surface area (Å²) in [6.07, 6.45) is 1.11. The van der Waals surface area contributed by atoms with E-state index < -0.39 is 10.0 Å². The molecule has 0 saturated carbocycles. The van der Waals surface area contributed by atoms with Crippen molar-refractivity contribution in [2.45, 2.75) is 31.2 Å². The number of benzene rings is 1. The number of amides is 1. The second-order valence-corrected chi connectivity index (χ2v) is 7.68. The van der Waals surface area contributed by atoms with Crippen molar-refractivity contribution in [1.82, 2.24) is 9.62 Å². The second-order valence-electron chi connectivity index (χ2n) is 5.74. The fraction of sp³-hybridized carbons (Fsp3) is 0.588. The summed E-state index contributed by atoms with van der Waals surface area (Å²) in [4.78, 5) is 12.0. The topological polar surface area (TPSA) is 84.9 Å². The van der Waals surface area contributed by atoms with Gasteiger partial charge in [-0.15, -0.1) is 0 Å². The summed E-state index contributed by atoms with van der Waals surface area (Å²) in [7, 11) is -3.48. The van der Waals surface area contributed by atoms with E-state index in [1.807, 2.05) is 6.92 Å². The molecule has 1 aromatic carbocycles.